The summed E-state index contributed by atoms with van der Waals surface area (Å²) in [6.45, 7) is 1.91. The molecule has 1 saturated heterocycles. The number of hydrogen-bond donors (Lipinski definition) is 1. The van der Waals surface area contributed by atoms with Crippen molar-refractivity contribution in [3.05, 3.63) is 22.8 Å². The highest BCUT2D eigenvalue weighted by Gasteiger charge is 2.29. The molecule has 2 heterocycles. The largest absolute Gasteiger partial charge is 0.311 e. The monoisotopic (exact) mass is 394 g/mol. The highest BCUT2D eigenvalue weighted by Crippen LogP contribution is 2.15. The Balaban J connectivity index is 1.70. The SMILES string of the molecule is O=C(CCN1CCN(C(F)C(F)F)CC1)Nc1cc(Br)ccn1. The maximum atomic E-state index is 13.2. The van der Waals surface area contributed by atoms with E-state index < -0.39 is 12.7 Å². The average Bonchev–Trinajstić information content (AvgIpc) is 2.52. The zero-order valence-corrected chi connectivity index (χ0v) is 14.0. The Hall–Kier alpha value is -1.19. The Labute approximate surface area is 141 Å². The van der Waals surface area contributed by atoms with Crippen LogP contribution in [-0.2, 0) is 4.79 Å². The first-order chi connectivity index (χ1) is 11.0. The van der Waals surface area contributed by atoms with E-state index in [1.807, 2.05) is 4.90 Å². The number of aromatic nitrogens is 1. The number of amides is 1. The quantitative estimate of drug-likeness (QED) is 0.752. The molecule has 1 fully saturated rings. The van der Waals surface area contributed by atoms with Crippen LogP contribution in [0, 0.1) is 0 Å². The summed E-state index contributed by atoms with van der Waals surface area (Å²) in [4.78, 5) is 19.0. The van der Waals surface area contributed by atoms with Gasteiger partial charge in [-0.15, -0.1) is 0 Å². The molecule has 1 atom stereocenters. The van der Waals surface area contributed by atoms with Crippen molar-refractivity contribution in [2.75, 3.05) is 38.0 Å². The molecule has 1 amide bonds. The van der Waals surface area contributed by atoms with Crippen molar-refractivity contribution in [2.24, 2.45) is 0 Å². The summed E-state index contributed by atoms with van der Waals surface area (Å²) in [5.74, 6) is 0.292. The third kappa shape index (κ3) is 5.74. The number of carbonyl (C=O) groups excluding carboxylic acids is 1. The normalized spacial score (nSPS) is 18.1. The predicted octanol–water partition coefficient (Wildman–Crippen LogP) is 2.35. The summed E-state index contributed by atoms with van der Waals surface area (Å²) in [5.41, 5.74) is 0. The molecule has 1 aromatic heterocycles. The van der Waals surface area contributed by atoms with Gasteiger partial charge in [-0.3, -0.25) is 9.69 Å². The van der Waals surface area contributed by atoms with Crippen molar-refractivity contribution in [1.82, 2.24) is 14.8 Å². The molecule has 1 aliphatic heterocycles. The molecule has 0 aliphatic carbocycles. The van der Waals surface area contributed by atoms with E-state index in [1.165, 1.54) is 0 Å². The summed E-state index contributed by atoms with van der Waals surface area (Å²) >= 11 is 3.29. The van der Waals surface area contributed by atoms with Crippen molar-refractivity contribution >= 4 is 27.7 Å². The maximum absolute atomic E-state index is 13.2. The minimum Gasteiger partial charge on any atom is -0.311 e. The van der Waals surface area contributed by atoms with E-state index in [-0.39, 0.29) is 25.4 Å². The number of anilines is 1. The first kappa shape index (κ1) is 18.2. The fourth-order valence-electron chi connectivity index (χ4n) is 2.33. The van der Waals surface area contributed by atoms with E-state index in [9.17, 15) is 18.0 Å². The number of carbonyl (C=O) groups is 1. The van der Waals surface area contributed by atoms with Gasteiger partial charge in [0.1, 0.15) is 5.82 Å². The van der Waals surface area contributed by atoms with Crippen LogP contribution in [0.25, 0.3) is 0 Å². The van der Waals surface area contributed by atoms with E-state index >= 15 is 0 Å². The molecule has 128 valence electrons. The molecule has 1 N–H and O–H groups in total. The minimum absolute atomic E-state index is 0.172. The number of alkyl halides is 3. The molecule has 0 aromatic carbocycles. The molecule has 23 heavy (non-hydrogen) atoms. The standard InChI is InChI=1S/C14H18BrF3N4O/c15-10-1-3-19-11(9-10)20-12(23)2-4-21-5-7-22(8-6-21)14(18)13(16)17/h1,3,9,13-14H,2,4-8H2,(H,19,20,23). The average molecular weight is 395 g/mol. The molecule has 0 radical (unpaired) electrons. The van der Waals surface area contributed by atoms with Gasteiger partial charge in [0.05, 0.1) is 0 Å². The third-order valence-corrected chi connectivity index (χ3v) is 4.10. The molecule has 1 aliphatic rings. The second kappa shape index (κ2) is 8.60. The molecule has 0 saturated carbocycles. The van der Waals surface area contributed by atoms with Crippen LogP contribution < -0.4 is 5.32 Å². The van der Waals surface area contributed by atoms with Crippen LogP contribution in [0.3, 0.4) is 0 Å². The number of nitrogens with zero attached hydrogens (tertiary/aromatic N) is 3. The lowest BCUT2D eigenvalue weighted by Gasteiger charge is -2.35. The van der Waals surface area contributed by atoms with Gasteiger partial charge in [0, 0.05) is 49.8 Å². The fourth-order valence-corrected chi connectivity index (χ4v) is 2.67. The van der Waals surface area contributed by atoms with Crippen LogP contribution in [0.2, 0.25) is 0 Å². The van der Waals surface area contributed by atoms with E-state index in [4.69, 9.17) is 0 Å². The molecule has 9 heteroatoms. The van der Waals surface area contributed by atoms with Gasteiger partial charge in [0.2, 0.25) is 12.2 Å². The van der Waals surface area contributed by atoms with Crippen LogP contribution in [0.5, 0.6) is 0 Å². The van der Waals surface area contributed by atoms with E-state index in [0.29, 0.717) is 25.5 Å². The summed E-state index contributed by atoms with van der Waals surface area (Å²) in [6, 6.07) is 3.45. The van der Waals surface area contributed by atoms with Crippen molar-refractivity contribution in [3.8, 4) is 0 Å². The highest BCUT2D eigenvalue weighted by atomic mass is 79.9. The molecule has 1 aromatic rings. The highest BCUT2D eigenvalue weighted by molar-refractivity contribution is 9.10. The predicted molar refractivity (Wildman–Crippen MR) is 84.1 cm³/mol. The van der Waals surface area contributed by atoms with Crippen LogP contribution in [0.1, 0.15) is 6.42 Å². The lowest BCUT2D eigenvalue weighted by atomic mass is 10.2. The maximum Gasteiger partial charge on any atom is 0.282 e. The number of nitrogens with one attached hydrogen (secondary N) is 1. The third-order valence-electron chi connectivity index (χ3n) is 3.61. The van der Waals surface area contributed by atoms with Crippen LogP contribution in [0.4, 0.5) is 19.0 Å². The van der Waals surface area contributed by atoms with Crippen molar-refractivity contribution < 1.29 is 18.0 Å². The summed E-state index contributed by atoms with van der Waals surface area (Å²) in [7, 11) is 0. The van der Waals surface area contributed by atoms with Gasteiger partial charge >= 0.3 is 0 Å². The molecule has 0 spiro atoms. The minimum atomic E-state index is -2.98. The Kier molecular flexibility index (Phi) is 6.79. The molecule has 1 unspecified atom stereocenters. The number of hydrogen-bond acceptors (Lipinski definition) is 4. The fraction of sp³-hybridized carbons (Fsp3) is 0.571. The zero-order valence-electron chi connectivity index (χ0n) is 12.4. The first-order valence-electron chi connectivity index (χ1n) is 7.26. The second-order valence-corrected chi connectivity index (χ2v) is 6.16. The van der Waals surface area contributed by atoms with Crippen molar-refractivity contribution in [3.63, 3.8) is 0 Å². The Morgan fingerprint density at radius 2 is 2.00 bits per heavy atom. The molecule has 2 rings (SSSR count). The molecule has 5 nitrogen and oxygen atoms in total. The Morgan fingerprint density at radius 3 is 2.61 bits per heavy atom. The molecular weight excluding hydrogens is 377 g/mol. The number of pyridine rings is 1. The van der Waals surface area contributed by atoms with E-state index in [1.54, 1.807) is 18.3 Å². The Morgan fingerprint density at radius 1 is 1.30 bits per heavy atom. The van der Waals surface area contributed by atoms with Crippen LogP contribution in [0.15, 0.2) is 22.8 Å². The van der Waals surface area contributed by atoms with Gasteiger partial charge in [-0.2, -0.15) is 0 Å². The number of piperazine rings is 1. The first-order valence-corrected chi connectivity index (χ1v) is 8.05. The molecule has 0 bridgehead atoms. The summed E-state index contributed by atoms with van der Waals surface area (Å²) < 4.78 is 38.6. The number of halogens is 4. The zero-order chi connectivity index (χ0) is 16.8. The second-order valence-electron chi connectivity index (χ2n) is 5.24. The van der Waals surface area contributed by atoms with Crippen LogP contribution in [-0.4, -0.2) is 66.1 Å². The van der Waals surface area contributed by atoms with Crippen LogP contribution >= 0.6 is 15.9 Å². The summed E-state index contributed by atoms with van der Waals surface area (Å²) in [5, 5.41) is 2.69. The lowest BCUT2D eigenvalue weighted by Crippen LogP contribution is -2.51. The van der Waals surface area contributed by atoms with Gasteiger partial charge < -0.3 is 10.2 Å². The Bertz CT molecular complexity index is 526. The van der Waals surface area contributed by atoms with E-state index in [0.717, 1.165) is 9.37 Å². The van der Waals surface area contributed by atoms with Crippen molar-refractivity contribution in [1.29, 1.82) is 0 Å². The van der Waals surface area contributed by atoms with Gasteiger partial charge in [0.25, 0.3) is 6.43 Å². The van der Waals surface area contributed by atoms with Gasteiger partial charge in [-0.25, -0.2) is 18.2 Å². The van der Waals surface area contributed by atoms with Gasteiger partial charge in [0.15, 0.2) is 0 Å². The van der Waals surface area contributed by atoms with Gasteiger partial charge in [-0.05, 0) is 12.1 Å². The van der Waals surface area contributed by atoms with Crippen molar-refractivity contribution in [2.45, 2.75) is 19.1 Å². The molecular formula is C14H18BrF3N4O. The number of rotatable bonds is 6. The smallest absolute Gasteiger partial charge is 0.282 e. The topological polar surface area (TPSA) is 48.5 Å². The van der Waals surface area contributed by atoms with Gasteiger partial charge in [-0.1, -0.05) is 15.9 Å². The lowest BCUT2D eigenvalue weighted by molar-refractivity contribution is -0.116. The summed E-state index contributed by atoms with van der Waals surface area (Å²) in [6.07, 6.45) is -3.34. The van der Waals surface area contributed by atoms with E-state index in [2.05, 4.69) is 26.2 Å².